The first-order chi connectivity index (χ1) is 15.7. The molecule has 9 heteroatoms. The van der Waals surface area contributed by atoms with Crippen LogP contribution < -0.4 is 10.4 Å². The van der Waals surface area contributed by atoms with E-state index in [4.69, 9.17) is 25.9 Å². The van der Waals surface area contributed by atoms with Gasteiger partial charge in [-0.05, 0) is 69.5 Å². The SMILES string of the molecule is CCON(c1sc(C(=O)Nc2ccc(C)c(Cl)c2)c(C)c1C(=O)OC)C1C=CC(C)=C(C)O1. The van der Waals surface area contributed by atoms with Crippen LogP contribution in [0.15, 0.2) is 41.7 Å². The van der Waals surface area contributed by atoms with Crippen LogP contribution in [-0.2, 0) is 14.3 Å². The molecule has 1 aromatic heterocycles. The smallest absolute Gasteiger partial charge is 0.341 e. The molecule has 3 rings (SSSR count). The van der Waals surface area contributed by atoms with Crippen LogP contribution >= 0.6 is 22.9 Å². The van der Waals surface area contributed by atoms with Gasteiger partial charge in [0.25, 0.3) is 5.91 Å². The zero-order valence-corrected chi connectivity index (χ0v) is 21.0. The lowest BCUT2D eigenvalue weighted by Gasteiger charge is -2.32. The van der Waals surface area contributed by atoms with E-state index < -0.39 is 12.2 Å². The third-order valence-corrected chi connectivity index (χ3v) is 6.90. The second-order valence-corrected chi connectivity index (χ2v) is 8.90. The van der Waals surface area contributed by atoms with E-state index in [2.05, 4.69) is 5.32 Å². The summed E-state index contributed by atoms with van der Waals surface area (Å²) >= 11 is 7.32. The van der Waals surface area contributed by atoms with Crippen LogP contribution in [0.25, 0.3) is 0 Å². The molecule has 0 fully saturated rings. The second-order valence-electron chi connectivity index (χ2n) is 7.50. The minimum absolute atomic E-state index is 0.254. The van der Waals surface area contributed by atoms with Gasteiger partial charge >= 0.3 is 5.97 Å². The Morgan fingerprint density at radius 1 is 1.24 bits per heavy atom. The average Bonchev–Trinajstić information content (AvgIpc) is 3.13. The van der Waals surface area contributed by atoms with Gasteiger partial charge in [0.05, 0.1) is 24.4 Å². The van der Waals surface area contributed by atoms with Crippen molar-refractivity contribution in [2.24, 2.45) is 0 Å². The maximum absolute atomic E-state index is 13.2. The Balaban J connectivity index is 2.02. The zero-order chi connectivity index (χ0) is 24.3. The van der Waals surface area contributed by atoms with Gasteiger partial charge in [0.15, 0.2) is 0 Å². The molecular weight excluding hydrogens is 464 g/mol. The molecule has 0 aliphatic carbocycles. The van der Waals surface area contributed by atoms with Gasteiger partial charge in [0.1, 0.15) is 10.6 Å². The molecule has 1 amide bonds. The quantitative estimate of drug-likeness (QED) is 0.377. The maximum atomic E-state index is 13.2. The number of aryl methyl sites for hydroxylation is 1. The molecule has 7 nitrogen and oxygen atoms in total. The summed E-state index contributed by atoms with van der Waals surface area (Å²) in [6.07, 6.45) is 3.16. The first-order valence-corrected chi connectivity index (χ1v) is 11.6. The van der Waals surface area contributed by atoms with Crippen molar-refractivity contribution in [3.05, 3.63) is 68.3 Å². The van der Waals surface area contributed by atoms with Gasteiger partial charge in [-0.15, -0.1) is 11.3 Å². The predicted octanol–water partition coefficient (Wildman–Crippen LogP) is 6.02. The number of rotatable bonds is 7. The monoisotopic (exact) mass is 490 g/mol. The maximum Gasteiger partial charge on any atom is 0.341 e. The highest BCUT2D eigenvalue weighted by molar-refractivity contribution is 7.18. The Morgan fingerprint density at radius 3 is 2.58 bits per heavy atom. The normalized spacial score (nSPS) is 15.3. The van der Waals surface area contributed by atoms with Gasteiger partial charge in [-0.2, -0.15) is 5.06 Å². The fraction of sp³-hybridized carbons (Fsp3) is 0.333. The molecule has 0 saturated carbocycles. The molecule has 1 aromatic carbocycles. The fourth-order valence-electron chi connectivity index (χ4n) is 3.24. The van der Waals surface area contributed by atoms with Crippen molar-refractivity contribution in [2.75, 3.05) is 24.1 Å². The molecule has 0 radical (unpaired) electrons. The Bertz CT molecular complexity index is 1140. The first kappa shape index (κ1) is 24.8. The van der Waals surface area contributed by atoms with Crippen LogP contribution in [0.3, 0.4) is 0 Å². The molecule has 33 heavy (non-hydrogen) atoms. The summed E-state index contributed by atoms with van der Waals surface area (Å²) in [7, 11) is 1.30. The average molecular weight is 491 g/mol. The lowest BCUT2D eigenvalue weighted by atomic mass is 10.1. The third-order valence-electron chi connectivity index (χ3n) is 5.22. The van der Waals surface area contributed by atoms with Crippen molar-refractivity contribution in [3.63, 3.8) is 0 Å². The first-order valence-electron chi connectivity index (χ1n) is 10.4. The van der Waals surface area contributed by atoms with Crippen molar-refractivity contribution >= 4 is 45.5 Å². The van der Waals surface area contributed by atoms with Crippen LogP contribution in [0, 0.1) is 13.8 Å². The number of carbonyl (C=O) groups is 2. The molecular formula is C24H27ClN2O5S. The number of methoxy groups -OCH3 is 1. The number of carbonyl (C=O) groups excluding carboxylic acids is 2. The van der Waals surface area contributed by atoms with E-state index in [1.54, 1.807) is 19.1 Å². The van der Waals surface area contributed by atoms with E-state index in [1.165, 1.54) is 12.2 Å². The summed E-state index contributed by atoms with van der Waals surface area (Å²) in [5.41, 5.74) is 3.20. The molecule has 1 N–H and O–H groups in total. The van der Waals surface area contributed by atoms with E-state index >= 15 is 0 Å². The number of hydrogen-bond donors (Lipinski definition) is 1. The summed E-state index contributed by atoms with van der Waals surface area (Å²) in [5.74, 6) is -0.185. The lowest BCUT2D eigenvalue weighted by molar-refractivity contribution is 0.0159. The number of allylic oxidation sites excluding steroid dienone is 3. The van der Waals surface area contributed by atoms with E-state index in [0.29, 0.717) is 32.8 Å². The standard InChI is InChI=1S/C24H27ClN2O5S/c1-7-31-27(19-11-9-13(2)16(5)32-19)23-20(24(29)30-6)15(4)21(33-23)22(28)26-17-10-8-14(3)18(25)12-17/h8-12,19H,7H2,1-6H3,(H,26,28). The molecule has 0 bridgehead atoms. The van der Waals surface area contributed by atoms with Crippen LogP contribution in [0.5, 0.6) is 0 Å². The van der Waals surface area contributed by atoms with Crippen LogP contribution in [0.1, 0.15) is 51.9 Å². The van der Waals surface area contributed by atoms with Crippen molar-refractivity contribution in [2.45, 2.75) is 40.8 Å². The minimum atomic E-state index is -0.609. The number of hydroxylamine groups is 1. The number of nitrogens with zero attached hydrogens (tertiary/aromatic N) is 1. The summed E-state index contributed by atoms with van der Waals surface area (Å²) < 4.78 is 11.0. The molecule has 2 heterocycles. The molecule has 176 valence electrons. The highest BCUT2D eigenvalue weighted by Crippen LogP contribution is 2.39. The van der Waals surface area contributed by atoms with Gasteiger partial charge in [-0.1, -0.05) is 23.7 Å². The number of benzene rings is 1. The number of thiophene rings is 1. The Labute approximate surface area is 202 Å². The number of esters is 1. The molecule has 2 aromatic rings. The molecule has 0 saturated heterocycles. The number of halogens is 1. The van der Waals surface area contributed by atoms with E-state index in [1.807, 2.05) is 45.9 Å². The largest absolute Gasteiger partial charge is 0.469 e. The van der Waals surface area contributed by atoms with Crippen molar-refractivity contribution in [3.8, 4) is 0 Å². The van der Waals surface area contributed by atoms with Gasteiger partial charge < -0.3 is 14.8 Å². The van der Waals surface area contributed by atoms with Gasteiger partial charge in [-0.25, -0.2) is 4.79 Å². The van der Waals surface area contributed by atoms with Crippen LogP contribution in [-0.4, -0.2) is 31.8 Å². The molecule has 1 aliphatic rings. The topological polar surface area (TPSA) is 77.1 Å². The molecule has 0 spiro atoms. The van der Waals surface area contributed by atoms with Crippen molar-refractivity contribution in [1.82, 2.24) is 0 Å². The van der Waals surface area contributed by atoms with E-state index in [-0.39, 0.29) is 11.5 Å². The number of hydrogen-bond acceptors (Lipinski definition) is 7. The Hall–Kier alpha value is -2.81. The number of amides is 1. The number of ether oxygens (including phenoxy) is 2. The zero-order valence-electron chi connectivity index (χ0n) is 19.4. The van der Waals surface area contributed by atoms with Crippen molar-refractivity contribution < 1.29 is 23.9 Å². The Kier molecular flexibility index (Phi) is 7.84. The summed E-state index contributed by atoms with van der Waals surface area (Å²) in [6.45, 7) is 9.57. The highest BCUT2D eigenvalue weighted by atomic mass is 35.5. The lowest BCUT2D eigenvalue weighted by Crippen LogP contribution is -2.37. The van der Waals surface area contributed by atoms with Gasteiger partial charge in [0, 0.05) is 10.7 Å². The highest BCUT2D eigenvalue weighted by Gasteiger charge is 2.33. The molecule has 1 unspecified atom stereocenters. The van der Waals surface area contributed by atoms with Gasteiger partial charge in [-0.3, -0.25) is 9.63 Å². The van der Waals surface area contributed by atoms with E-state index in [9.17, 15) is 9.59 Å². The van der Waals surface area contributed by atoms with Crippen LogP contribution in [0.4, 0.5) is 10.7 Å². The number of anilines is 2. The van der Waals surface area contributed by atoms with E-state index in [0.717, 1.165) is 28.2 Å². The second kappa shape index (κ2) is 10.4. The van der Waals surface area contributed by atoms with Crippen LogP contribution in [0.2, 0.25) is 5.02 Å². The summed E-state index contributed by atoms with van der Waals surface area (Å²) in [5, 5.41) is 5.34. The van der Waals surface area contributed by atoms with Gasteiger partial charge in [0.2, 0.25) is 6.23 Å². The number of nitrogens with one attached hydrogen (secondary N) is 1. The molecule has 1 atom stereocenters. The summed E-state index contributed by atoms with van der Waals surface area (Å²) in [6, 6.07) is 5.28. The summed E-state index contributed by atoms with van der Waals surface area (Å²) in [4.78, 5) is 32.1. The fourth-order valence-corrected chi connectivity index (χ4v) is 4.60. The Morgan fingerprint density at radius 2 is 1.97 bits per heavy atom. The van der Waals surface area contributed by atoms with Crippen molar-refractivity contribution in [1.29, 1.82) is 0 Å². The third kappa shape index (κ3) is 5.24. The predicted molar refractivity (Wildman–Crippen MR) is 131 cm³/mol. The minimum Gasteiger partial charge on any atom is -0.469 e. The molecule has 1 aliphatic heterocycles.